The van der Waals surface area contributed by atoms with E-state index in [-0.39, 0.29) is 30.6 Å². The zero-order chi connectivity index (χ0) is 14.9. The quantitative estimate of drug-likeness (QED) is 0.619. The van der Waals surface area contributed by atoms with Crippen molar-refractivity contribution in [2.24, 2.45) is 5.41 Å². The Bertz CT molecular complexity index is 560. The summed E-state index contributed by atoms with van der Waals surface area (Å²) in [6, 6.07) is 6.59. The molecule has 0 saturated carbocycles. The Morgan fingerprint density at radius 1 is 1.25 bits per heavy atom. The molecule has 1 heterocycles. The SMILES string of the molecule is COc1ccc(C(=O)CN2C(=O)CC(C)(C)C2=O)cc1. The molecule has 1 saturated heterocycles. The Labute approximate surface area is 117 Å². The van der Waals surface area contributed by atoms with Crippen molar-refractivity contribution < 1.29 is 19.1 Å². The van der Waals surface area contributed by atoms with E-state index in [1.165, 1.54) is 0 Å². The third kappa shape index (κ3) is 2.57. The minimum absolute atomic E-state index is 0.154. The fraction of sp³-hybridized carbons (Fsp3) is 0.400. The fourth-order valence-corrected chi connectivity index (χ4v) is 2.20. The predicted octanol–water partition coefficient (Wildman–Crippen LogP) is 1.66. The number of carbonyl (C=O) groups excluding carboxylic acids is 3. The van der Waals surface area contributed by atoms with Crippen LogP contribution in [0.25, 0.3) is 0 Å². The highest BCUT2D eigenvalue weighted by Crippen LogP contribution is 2.31. The second kappa shape index (κ2) is 5.07. The van der Waals surface area contributed by atoms with Crippen molar-refractivity contribution in [3.8, 4) is 5.75 Å². The summed E-state index contributed by atoms with van der Waals surface area (Å²) in [7, 11) is 1.54. The lowest BCUT2D eigenvalue weighted by Gasteiger charge is -2.17. The summed E-state index contributed by atoms with van der Waals surface area (Å²) in [5, 5.41) is 0. The molecule has 2 amide bonds. The summed E-state index contributed by atoms with van der Waals surface area (Å²) in [6.45, 7) is 3.23. The van der Waals surface area contributed by atoms with Crippen LogP contribution in [0.4, 0.5) is 0 Å². The molecular weight excluding hydrogens is 258 g/mol. The number of rotatable bonds is 4. The Morgan fingerprint density at radius 2 is 1.85 bits per heavy atom. The number of ether oxygens (including phenoxy) is 1. The zero-order valence-corrected chi connectivity index (χ0v) is 11.8. The molecule has 0 aliphatic carbocycles. The van der Waals surface area contributed by atoms with E-state index in [0.717, 1.165) is 4.90 Å². The van der Waals surface area contributed by atoms with Crippen LogP contribution < -0.4 is 4.74 Å². The Hall–Kier alpha value is -2.17. The standard InChI is InChI=1S/C15H17NO4/c1-15(2)8-13(18)16(14(15)19)9-12(17)10-4-6-11(20-3)7-5-10/h4-7H,8-9H2,1-3H3. The van der Waals surface area contributed by atoms with Crippen LogP contribution in [0.5, 0.6) is 5.75 Å². The molecule has 5 nitrogen and oxygen atoms in total. The second-order valence-electron chi connectivity index (χ2n) is 5.50. The van der Waals surface area contributed by atoms with E-state index in [1.54, 1.807) is 45.2 Å². The number of methoxy groups -OCH3 is 1. The van der Waals surface area contributed by atoms with E-state index >= 15 is 0 Å². The van der Waals surface area contributed by atoms with Crippen LogP contribution in [0, 0.1) is 5.41 Å². The number of hydrogen-bond acceptors (Lipinski definition) is 4. The van der Waals surface area contributed by atoms with E-state index in [2.05, 4.69) is 0 Å². The van der Waals surface area contributed by atoms with Crippen molar-refractivity contribution in [1.29, 1.82) is 0 Å². The molecule has 106 valence electrons. The predicted molar refractivity (Wildman–Crippen MR) is 72.4 cm³/mol. The number of likely N-dealkylation sites (tertiary alicyclic amines) is 1. The van der Waals surface area contributed by atoms with Gasteiger partial charge in [0.25, 0.3) is 0 Å². The van der Waals surface area contributed by atoms with E-state index in [9.17, 15) is 14.4 Å². The van der Waals surface area contributed by atoms with Gasteiger partial charge in [0.2, 0.25) is 11.8 Å². The number of amides is 2. The first-order valence-corrected chi connectivity index (χ1v) is 6.37. The molecule has 5 heteroatoms. The third-order valence-corrected chi connectivity index (χ3v) is 3.43. The summed E-state index contributed by atoms with van der Waals surface area (Å²) >= 11 is 0. The third-order valence-electron chi connectivity index (χ3n) is 3.43. The zero-order valence-electron chi connectivity index (χ0n) is 11.8. The molecule has 0 aromatic heterocycles. The van der Waals surface area contributed by atoms with Gasteiger partial charge in [0.1, 0.15) is 5.75 Å². The number of nitrogens with zero attached hydrogens (tertiary/aromatic N) is 1. The molecule has 0 N–H and O–H groups in total. The van der Waals surface area contributed by atoms with Crippen molar-refractivity contribution in [2.75, 3.05) is 13.7 Å². The van der Waals surface area contributed by atoms with Crippen LogP contribution in [-0.4, -0.2) is 36.2 Å². The number of hydrogen-bond donors (Lipinski definition) is 0. The summed E-state index contributed by atoms with van der Waals surface area (Å²) in [6.07, 6.45) is 0.154. The number of carbonyl (C=O) groups is 3. The van der Waals surface area contributed by atoms with Crippen LogP contribution in [0.15, 0.2) is 24.3 Å². The smallest absolute Gasteiger partial charge is 0.235 e. The van der Waals surface area contributed by atoms with Crippen molar-refractivity contribution in [2.45, 2.75) is 20.3 Å². The molecule has 2 rings (SSSR count). The van der Waals surface area contributed by atoms with Gasteiger partial charge in [-0.1, -0.05) is 13.8 Å². The minimum Gasteiger partial charge on any atom is -0.497 e. The molecule has 0 bridgehead atoms. The molecule has 0 unspecified atom stereocenters. The van der Waals surface area contributed by atoms with E-state index < -0.39 is 5.41 Å². The second-order valence-corrected chi connectivity index (χ2v) is 5.50. The topological polar surface area (TPSA) is 63.7 Å². The van der Waals surface area contributed by atoms with Crippen molar-refractivity contribution in [1.82, 2.24) is 4.90 Å². The first-order chi connectivity index (χ1) is 9.35. The maximum atomic E-state index is 12.1. The molecule has 1 aromatic rings. The Morgan fingerprint density at radius 3 is 2.30 bits per heavy atom. The van der Waals surface area contributed by atoms with Crippen LogP contribution >= 0.6 is 0 Å². The summed E-state index contributed by atoms with van der Waals surface area (Å²) in [5.41, 5.74) is -0.256. The summed E-state index contributed by atoms with van der Waals surface area (Å²) < 4.78 is 5.01. The number of imide groups is 1. The highest BCUT2D eigenvalue weighted by molar-refractivity contribution is 6.10. The van der Waals surface area contributed by atoms with Gasteiger partial charge in [0.15, 0.2) is 5.78 Å². The van der Waals surface area contributed by atoms with Gasteiger partial charge in [0.05, 0.1) is 19.1 Å². The van der Waals surface area contributed by atoms with Crippen LogP contribution in [0.1, 0.15) is 30.6 Å². The van der Waals surface area contributed by atoms with Gasteiger partial charge in [-0.25, -0.2) is 0 Å². The first kappa shape index (κ1) is 14.2. The van der Waals surface area contributed by atoms with Crippen molar-refractivity contribution in [3.05, 3.63) is 29.8 Å². The molecule has 0 atom stereocenters. The van der Waals surface area contributed by atoms with Crippen LogP contribution in [-0.2, 0) is 9.59 Å². The molecular formula is C15H17NO4. The summed E-state index contributed by atoms with van der Waals surface area (Å²) in [5.74, 6) is -0.186. The monoisotopic (exact) mass is 275 g/mol. The largest absolute Gasteiger partial charge is 0.497 e. The molecule has 1 aliphatic rings. The fourth-order valence-electron chi connectivity index (χ4n) is 2.20. The van der Waals surface area contributed by atoms with Gasteiger partial charge in [-0.3, -0.25) is 19.3 Å². The van der Waals surface area contributed by atoms with Crippen LogP contribution in [0.2, 0.25) is 0 Å². The van der Waals surface area contributed by atoms with Gasteiger partial charge >= 0.3 is 0 Å². The van der Waals surface area contributed by atoms with Gasteiger partial charge < -0.3 is 4.74 Å². The van der Waals surface area contributed by atoms with Crippen LogP contribution in [0.3, 0.4) is 0 Å². The number of benzene rings is 1. The van der Waals surface area contributed by atoms with Gasteiger partial charge in [-0.2, -0.15) is 0 Å². The normalized spacial score (nSPS) is 17.4. The minimum atomic E-state index is -0.711. The lowest BCUT2D eigenvalue weighted by atomic mass is 9.92. The highest BCUT2D eigenvalue weighted by Gasteiger charge is 2.45. The van der Waals surface area contributed by atoms with Gasteiger partial charge in [-0.05, 0) is 24.3 Å². The lowest BCUT2D eigenvalue weighted by Crippen LogP contribution is -2.37. The molecule has 1 aliphatic heterocycles. The van der Waals surface area contributed by atoms with E-state index in [4.69, 9.17) is 4.74 Å². The number of ketones is 1. The van der Waals surface area contributed by atoms with E-state index in [1.807, 2.05) is 0 Å². The molecule has 0 spiro atoms. The average Bonchev–Trinajstić information content (AvgIpc) is 2.61. The summed E-state index contributed by atoms with van der Waals surface area (Å²) in [4.78, 5) is 37.0. The lowest BCUT2D eigenvalue weighted by molar-refractivity contribution is -0.140. The molecule has 1 aromatic carbocycles. The van der Waals surface area contributed by atoms with Crippen molar-refractivity contribution in [3.63, 3.8) is 0 Å². The average molecular weight is 275 g/mol. The highest BCUT2D eigenvalue weighted by atomic mass is 16.5. The Kier molecular flexibility index (Phi) is 3.61. The maximum absolute atomic E-state index is 12.1. The first-order valence-electron chi connectivity index (χ1n) is 6.37. The molecule has 0 radical (unpaired) electrons. The van der Waals surface area contributed by atoms with E-state index in [0.29, 0.717) is 11.3 Å². The van der Waals surface area contributed by atoms with Gasteiger partial charge in [-0.15, -0.1) is 0 Å². The van der Waals surface area contributed by atoms with Gasteiger partial charge in [0, 0.05) is 12.0 Å². The number of Topliss-reactive ketones (excluding diaryl/α,β-unsaturated/α-hetero) is 1. The maximum Gasteiger partial charge on any atom is 0.235 e. The van der Waals surface area contributed by atoms with Crippen molar-refractivity contribution >= 4 is 17.6 Å². The Balaban J connectivity index is 2.11. The molecule has 20 heavy (non-hydrogen) atoms. The molecule has 1 fully saturated rings.